The normalized spacial score (nSPS) is 10.7. The molecule has 1 aromatic heterocycles. The summed E-state index contributed by atoms with van der Waals surface area (Å²) in [7, 11) is 3.27. The van der Waals surface area contributed by atoms with Crippen molar-refractivity contribution in [1.29, 1.82) is 0 Å². The van der Waals surface area contributed by atoms with Gasteiger partial charge in [-0.2, -0.15) is 5.10 Å². The largest absolute Gasteiger partial charge is 0.497 e. The molecule has 2 aromatic rings. The number of nitrogens with one attached hydrogen (secondary N) is 1. The lowest BCUT2D eigenvalue weighted by Gasteiger charge is -2.13. The van der Waals surface area contributed by atoms with Crippen molar-refractivity contribution in [3.05, 3.63) is 30.4 Å². The van der Waals surface area contributed by atoms with Gasteiger partial charge in [-0.3, -0.25) is 0 Å². The van der Waals surface area contributed by atoms with Crippen LogP contribution in [0.1, 0.15) is 25.7 Å². The maximum Gasteiger partial charge on any atom is 0.146 e. The summed E-state index contributed by atoms with van der Waals surface area (Å²) in [6.07, 6.45) is 1.57. The quantitative estimate of drug-likeness (QED) is 0.878. The molecule has 1 heterocycles. The molecule has 0 spiro atoms. The number of methoxy groups -OCH3 is 2. The molecule has 0 amide bonds. The summed E-state index contributed by atoms with van der Waals surface area (Å²) in [5.41, 5.74) is 0.895. The number of benzene rings is 1. The van der Waals surface area contributed by atoms with Gasteiger partial charge in [0.05, 0.1) is 26.5 Å². The number of ether oxygens (including phenoxy) is 2. The molecule has 1 aromatic carbocycles. The Balaban J connectivity index is 2.12. The first-order valence-corrected chi connectivity index (χ1v) is 6.50. The summed E-state index contributed by atoms with van der Waals surface area (Å²) >= 11 is 0. The fourth-order valence-corrected chi connectivity index (χ4v) is 1.95. The number of nitrogens with zero attached hydrogens (tertiary/aromatic N) is 3. The second-order valence-corrected chi connectivity index (χ2v) is 4.63. The van der Waals surface area contributed by atoms with E-state index in [2.05, 4.69) is 29.2 Å². The van der Waals surface area contributed by atoms with Crippen LogP contribution in [0.2, 0.25) is 0 Å². The minimum absolute atomic E-state index is 0.284. The zero-order valence-corrected chi connectivity index (χ0v) is 12.3. The van der Waals surface area contributed by atoms with Crippen molar-refractivity contribution >= 4 is 5.69 Å². The average molecular weight is 276 g/mol. The first kappa shape index (κ1) is 14.2. The highest BCUT2D eigenvalue weighted by Gasteiger charge is 2.09. The van der Waals surface area contributed by atoms with E-state index >= 15 is 0 Å². The molecule has 20 heavy (non-hydrogen) atoms. The van der Waals surface area contributed by atoms with Gasteiger partial charge in [0.15, 0.2) is 0 Å². The van der Waals surface area contributed by atoms with Gasteiger partial charge in [0.25, 0.3) is 0 Å². The van der Waals surface area contributed by atoms with Gasteiger partial charge in [0, 0.05) is 12.1 Å². The van der Waals surface area contributed by atoms with Gasteiger partial charge in [0.2, 0.25) is 0 Å². The highest BCUT2D eigenvalue weighted by molar-refractivity contribution is 5.59. The zero-order valence-electron chi connectivity index (χ0n) is 12.3. The Labute approximate surface area is 118 Å². The molecule has 0 saturated carbocycles. The molecular weight excluding hydrogens is 256 g/mol. The molecule has 0 aliphatic rings. The molecule has 6 heteroatoms. The van der Waals surface area contributed by atoms with Gasteiger partial charge in [-0.25, -0.2) is 9.67 Å². The number of hydrogen-bond donors (Lipinski definition) is 1. The van der Waals surface area contributed by atoms with Gasteiger partial charge < -0.3 is 14.8 Å². The van der Waals surface area contributed by atoms with Crippen LogP contribution in [-0.2, 0) is 6.54 Å². The maximum atomic E-state index is 5.35. The Morgan fingerprint density at radius 1 is 1.25 bits per heavy atom. The van der Waals surface area contributed by atoms with Crippen LogP contribution in [0.15, 0.2) is 24.5 Å². The van der Waals surface area contributed by atoms with Crippen molar-refractivity contribution in [3.8, 4) is 11.5 Å². The van der Waals surface area contributed by atoms with E-state index in [1.54, 1.807) is 20.5 Å². The molecule has 0 atom stereocenters. The van der Waals surface area contributed by atoms with E-state index < -0.39 is 0 Å². The van der Waals surface area contributed by atoms with Crippen LogP contribution in [-0.4, -0.2) is 29.0 Å². The molecule has 0 radical (unpaired) electrons. The van der Waals surface area contributed by atoms with Crippen molar-refractivity contribution in [2.75, 3.05) is 19.5 Å². The Bertz CT molecular complexity index is 566. The van der Waals surface area contributed by atoms with E-state index in [0.29, 0.717) is 6.54 Å². The van der Waals surface area contributed by atoms with E-state index in [1.165, 1.54) is 0 Å². The minimum atomic E-state index is 0.284. The van der Waals surface area contributed by atoms with Gasteiger partial charge in [-0.05, 0) is 26.0 Å². The highest BCUT2D eigenvalue weighted by atomic mass is 16.5. The molecule has 0 aliphatic carbocycles. The monoisotopic (exact) mass is 276 g/mol. The van der Waals surface area contributed by atoms with Crippen molar-refractivity contribution < 1.29 is 9.47 Å². The Kier molecular flexibility index (Phi) is 4.45. The van der Waals surface area contributed by atoms with E-state index in [4.69, 9.17) is 9.47 Å². The lowest BCUT2D eigenvalue weighted by molar-refractivity contribution is 0.395. The molecular formula is C14H20N4O2. The SMILES string of the molecule is COc1ccc(NCc2ncnn2C(C)C)c(OC)c1. The minimum Gasteiger partial charge on any atom is -0.497 e. The summed E-state index contributed by atoms with van der Waals surface area (Å²) in [5.74, 6) is 2.38. The first-order chi connectivity index (χ1) is 9.65. The van der Waals surface area contributed by atoms with Gasteiger partial charge in [0.1, 0.15) is 23.7 Å². The number of rotatable bonds is 6. The fraction of sp³-hybridized carbons (Fsp3) is 0.429. The second-order valence-electron chi connectivity index (χ2n) is 4.63. The molecule has 1 N–H and O–H groups in total. The van der Waals surface area contributed by atoms with Crippen LogP contribution in [0.4, 0.5) is 5.69 Å². The van der Waals surface area contributed by atoms with Crippen LogP contribution in [0.3, 0.4) is 0 Å². The van der Waals surface area contributed by atoms with Gasteiger partial charge in [-0.15, -0.1) is 0 Å². The van der Waals surface area contributed by atoms with Crippen LogP contribution < -0.4 is 14.8 Å². The Hall–Kier alpha value is -2.24. The molecule has 108 valence electrons. The fourth-order valence-electron chi connectivity index (χ4n) is 1.95. The van der Waals surface area contributed by atoms with E-state index in [0.717, 1.165) is 23.0 Å². The number of aromatic nitrogens is 3. The highest BCUT2D eigenvalue weighted by Crippen LogP contribution is 2.29. The summed E-state index contributed by atoms with van der Waals surface area (Å²) in [5, 5.41) is 7.52. The van der Waals surface area contributed by atoms with Gasteiger partial charge in [-0.1, -0.05) is 0 Å². The predicted molar refractivity (Wildman–Crippen MR) is 77.3 cm³/mol. The first-order valence-electron chi connectivity index (χ1n) is 6.50. The predicted octanol–water partition coefficient (Wildman–Crippen LogP) is 2.49. The summed E-state index contributed by atoms with van der Waals surface area (Å²) < 4.78 is 12.4. The maximum absolute atomic E-state index is 5.35. The van der Waals surface area contributed by atoms with E-state index in [9.17, 15) is 0 Å². The zero-order chi connectivity index (χ0) is 14.5. The lowest BCUT2D eigenvalue weighted by atomic mass is 10.2. The van der Waals surface area contributed by atoms with Crippen molar-refractivity contribution in [2.45, 2.75) is 26.4 Å². The summed E-state index contributed by atoms with van der Waals surface area (Å²) in [6.45, 7) is 4.74. The topological polar surface area (TPSA) is 61.2 Å². The van der Waals surface area contributed by atoms with Crippen molar-refractivity contribution in [3.63, 3.8) is 0 Å². The number of anilines is 1. The average Bonchev–Trinajstić information content (AvgIpc) is 2.93. The lowest BCUT2D eigenvalue weighted by Crippen LogP contribution is -2.12. The van der Waals surface area contributed by atoms with Crippen molar-refractivity contribution in [2.24, 2.45) is 0 Å². The Morgan fingerprint density at radius 2 is 2.05 bits per heavy atom. The van der Waals surface area contributed by atoms with Crippen LogP contribution in [0.5, 0.6) is 11.5 Å². The molecule has 0 unspecified atom stereocenters. The summed E-state index contributed by atoms with van der Waals surface area (Å²) in [4.78, 5) is 4.27. The van der Waals surface area contributed by atoms with Crippen LogP contribution >= 0.6 is 0 Å². The van der Waals surface area contributed by atoms with Gasteiger partial charge >= 0.3 is 0 Å². The molecule has 6 nitrogen and oxygen atoms in total. The molecule has 0 fully saturated rings. The number of hydrogen-bond acceptors (Lipinski definition) is 5. The second kappa shape index (κ2) is 6.27. The third kappa shape index (κ3) is 3.01. The molecule has 0 aliphatic heterocycles. The van der Waals surface area contributed by atoms with E-state index in [-0.39, 0.29) is 6.04 Å². The summed E-state index contributed by atoms with van der Waals surface area (Å²) in [6, 6.07) is 5.94. The van der Waals surface area contributed by atoms with Crippen LogP contribution in [0, 0.1) is 0 Å². The van der Waals surface area contributed by atoms with E-state index in [1.807, 2.05) is 22.9 Å². The Morgan fingerprint density at radius 3 is 2.70 bits per heavy atom. The molecule has 2 rings (SSSR count). The third-order valence-electron chi connectivity index (χ3n) is 2.98. The third-order valence-corrected chi connectivity index (χ3v) is 2.98. The van der Waals surface area contributed by atoms with Crippen molar-refractivity contribution in [1.82, 2.24) is 14.8 Å². The standard InChI is InChI=1S/C14H20N4O2/c1-10(2)18-14(16-9-17-18)8-15-12-6-5-11(19-3)7-13(12)20-4/h5-7,9-10,15H,8H2,1-4H3. The van der Waals surface area contributed by atoms with Crippen LogP contribution in [0.25, 0.3) is 0 Å². The molecule has 0 saturated heterocycles. The smallest absolute Gasteiger partial charge is 0.146 e. The molecule has 0 bridgehead atoms.